The van der Waals surface area contributed by atoms with E-state index in [-0.39, 0.29) is 42.0 Å². The molecular formula is C15H30IN7O. The Morgan fingerprint density at radius 2 is 2.00 bits per heavy atom. The maximum atomic E-state index is 11.8. The summed E-state index contributed by atoms with van der Waals surface area (Å²) in [5.74, 6) is 1.49. The van der Waals surface area contributed by atoms with Gasteiger partial charge in [-0.1, -0.05) is 6.92 Å². The minimum Gasteiger partial charge on any atom is -0.357 e. The molecule has 0 saturated carbocycles. The molecule has 0 aliphatic carbocycles. The first kappa shape index (κ1) is 22.6. The van der Waals surface area contributed by atoms with Crippen molar-refractivity contribution in [3.63, 3.8) is 0 Å². The van der Waals surface area contributed by atoms with Crippen molar-refractivity contribution in [2.24, 2.45) is 4.99 Å². The quantitative estimate of drug-likeness (QED) is 0.326. The molecule has 24 heavy (non-hydrogen) atoms. The predicted octanol–water partition coefficient (Wildman–Crippen LogP) is 0.928. The molecule has 0 aliphatic rings. The van der Waals surface area contributed by atoms with E-state index in [1.807, 2.05) is 39.2 Å². The van der Waals surface area contributed by atoms with E-state index in [0.717, 1.165) is 25.3 Å². The first-order valence-corrected chi connectivity index (χ1v) is 8.05. The molecule has 1 heterocycles. The highest BCUT2D eigenvalue weighted by Gasteiger charge is 2.13. The summed E-state index contributed by atoms with van der Waals surface area (Å²) in [6.45, 7) is 12.1. The zero-order valence-corrected chi connectivity index (χ0v) is 17.5. The molecule has 0 aromatic carbocycles. The second kappa shape index (κ2) is 11.2. The lowest BCUT2D eigenvalue weighted by Gasteiger charge is -2.20. The van der Waals surface area contributed by atoms with Gasteiger partial charge in [0.1, 0.15) is 18.7 Å². The molecule has 9 heteroatoms. The number of halogens is 1. The van der Waals surface area contributed by atoms with Gasteiger partial charge in [-0.15, -0.1) is 34.2 Å². The maximum absolute atomic E-state index is 11.8. The number of carbonyl (C=O) groups is 1. The lowest BCUT2D eigenvalue weighted by atomic mass is 10.1. The van der Waals surface area contributed by atoms with Gasteiger partial charge in [-0.3, -0.25) is 4.79 Å². The molecule has 1 rings (SSSR count). The molecule has 0 fully saturated rings. The maximum Gasteiger partial charge on any atom is 0.242 e. The van der Waals surface area contributed by atoms with Crippen molar-refractivity contribution in [3.8, 4) is 0 Å². The second-order valence-corrected chi connectivity index (χ2v) is 6.21. The minimum absolute atomic E-state index is 0. The highest BCUT2D eigenvalue weighted by molar-refractivity contribution is 14.0. The molecule has 0 radical (unpaired) electrons. The Morgan fingerprint density at radius 1 is 1.29 bits per heavy atom. The zero-order valence-electron chi connectivity index (χ0n) is 15.2. The number of aliphatic imine (C=N–C) groups is 1. The van der Waals surface area contributed by atoms with Crippen LogP contribution in [0.1, 0.15) is 40.4 Å². The zero-order chi connectivity index (χ0) is 17.3. The van der Waals surface area contributed by atoms with E-state index < -0.39 is 0 Å². The summed E-state index contributed by atoms with van der Waals surface area (Å²) < 4.78 is 2.00. The standard InChI is InChI=1S/C15H29N7O.HI/c1-6-12-21-19-11-22(12)9-8-17-14(16-7-2)18-10-13(23)20-15(3,4)5;/h11H,6-10H2,1-5H3,(H,20,23)(H2,16,17,18);1H. The van der Waals surface area contributed by atoms with E-state index in [9.17, 15) is 4.79 Å². The van der Waals surface area contributed by atoms with Crippen molar-refractivity contribution >= 4 is 35.8 Å². The Morgan fingerprint density at radius 3 is 2.58 bits per heavy atom. The molecule has 0 atom stereocenters. The molecule has 0 unspecified atom stereocenters. The minimum atomic E-state index is -0.247. The van der Waals surface area contributed by atoms with Gasteiger partial charge < -0.3 is 20.5 Å². The molecule has 1 aromatic heterocycles. The van der Waals surface area contributed by atoms with Gasteiger partial charge in [0.2, 0.25) is 5.91 Å². The number of rotatable bonds is 7. The lowest BCUT2D eigenvalue weighted by Crippen LogP contribution is -2.43. The third kappa shape index (κ3) is 9.04. The average molecular weight is 451 g/mol. The van der Waals surface area contributed by atoms with Crippen LogP contribution in [0.15, 0.2) is 11.3 Å². The Hall–Kier alpha value is -1.39. The molecular weight excluding hydrogens is 421 g/mol. The van der Waals surface area contributed by atoms with Crippen molar-refractivity contribution in [2.75, 3.05) is 19.6 Å². The Kier molecular flexibility index (Phi) is 10.6. The van der Waals surface area contributed by atoms with Gasteiger partial charge in [0.15, 0.2) is 5.96 Å². The third-order valence-electron chi connectivity index (χ3n) is 2.90. The number of nitrogens with one attached hydrogen (secondary N) is 3. The van der Waals surface area contributed by atoms with Crippen molar-refractivity contribution in [1.29, 1.82) is 0 Å². The van der Waals surface area contributed by atoms with E-state index in [1.54, 1.807) is 6.33 Å². The number of hydrogen-bond acceptors (Lipinski definition) is 4. The number of guanidine groups is 1. The van der Waals surface area contributed by atoms with Gasteiger partial charge in [0.05, 0.1) is 0 Å². The molecule has 1 amide bonds. The molecule has 8 nitrogen and oxygen atoms in total. The number of hydrogen-bond donors (Lipinski definition) is 3. The Labute approximate surface area is 161 Å². The van der Waals surface area contributed by atoms with Gasteiger partial charge in [-0.25, -0.2) is 4.99 Å². The first-order valence-electron chi connectivity index (χ1n) is 8.05. The van der Waals surface area contributed by atoms with E-state index >= 15 is 0 Å². The predicted molar refractivity (Wildman–Crippen MR) is 107 cm³/mol. The van der Waals surface area contributed by atoms with Gasteiger partial charge in [-0.05, 0) is 27.7 Å². The summed E-state index contributed by atoms with van der Waals surface area (Å²) >= 11 is 0. The van der Waals surface area contributed by atoms with Gasteiger partial charge in [0.25, 0.3) is 0 Å². The summed E-state index contributed by atoms with van der Waals surface area (Å²) in [4.78, 5) is 16.1. The van der Waals surface area contributed by atoms with Crippen LogP contribution < -0.4 is 16.0 Å². The van der Waals surface area contributed by atoms with Gasteiger partial charge >= 0.3 is 0 Å². The molecule has 0 aliphatic heterocycles. The van der Waals surface area contributed by atoms with Crippen LogP contribution >= 0.6 is 24.0 Å². The SMILES string of the molecule is CCNC(=NCC(=O)NC(C)(C)C)NCCn1cnnc1CC.I. The van der Waals surface area contributed by atoms with Crippen LogP contribution in [0.4, 0.5) is 0 Å². The van der Waals surface area contributed by atoms with Crippen molar-refractivity contribution in [1.82, 2.24) is 30.7 Å². The Bertz CT molecular complexity index is 522. The molecule has 138 valence electrons. The molecule has 0 bridgehead atoms. The summed E-state index contributed by atoms with van der Waals surface area (Å²) in [5.41, 5.74) is -0.247. The van der Waals surface area contributed by atoms with Crippen LogP contribution in [0.3, 0.4) is 0 Å². The number of carbonyl (C=O) groups excluding carboxylic acids is 1. The monoisotopic (exact) mass is 451 g/mol. The molecule has 0 saturated heterocycles. The summed E-state index contributed by atoms with van der Waals surface area (Å²) in [6, 6.07) is 0. The number of aryl methyl sites for hydroxylation is 1. The van der Waals surface area contributed by atoms with Crippen LogP contribution in [0.2, 0.25) is 0 Å². The number of nitrogens with zero attached hydrogens (tertiary/aromatic N) is 4. The second-order valence-electron chi connectivity index (χ2n) is 6.21. The summed E-state index contributed by atoms with van der Waals surface area (Å²) in [6.07, 6.45) is 2.57. The largest absolute Gasteiger partial charge is 0.357 e. The van der Waals surface area contributed by atoms with Gasteiger partial charge in [0, 0.05) is 31.6 Å². The van der Waals surface area contributed by atoms with Crippen LogP contribution in [-0.2, 0) is 17.8 Å². The fourth-order valence-corrected chi connectivity index (χ4v) is 1.98. The highest BCUT2D eigenvalue weighted by Crippen LogP contribution is 1.97. The van der Waals surface area contributed by atoms with Crippen molar-refractivity contribution in [2.45, 2.75) is 53.1 Å². The van der Waals surface area contributed by atoms with Crippen molar-refractivity contribution in [3.05, 3.63) is 12.2 Å². The average Bonchev–Trinajstić information content (AvgIpc) is 2.90. The van der Waals surface area contributed by atoms with E-state index in [2.05, 4.69) is 31.1 Å². The fourth-order valence-electron chi connectivity index (χ4n) is 1.98. The fraction of sp³-hybridized carbons (Fsp3) is 0.733. The van der Waals surface area contributed by atoms with Crippen LogP contribution in [0, 0.1) is 0 Å². The summed E-state index contributed by atoms with van der Waals surface area (Å²) in [7, 11) is 0. The number of amides is 1. The number of aromatic nitrogens is 3. The smallest absolute Gasteiger partial charge is 0.242 e. The topological polar surface area (TPSA) is 96.2 Å². The van der Waals surface area contributed by atoms with E-state index in [1.165, 1.54) is 0 Å². The Balaban J connectivity index is 0.00000529. The normalized spacial score (nSPS) is 11.6. The van der Waals surface area contributed by atoms with E-state index in [4.69, 9.17) is 0 Å². The van der Waals surface area contributed by atoms with Crippen LogP contribution in [-0.4, -0.2) is 51.8 Å². The molecule has 0 spiro atoms. The van der Waals surface area contributed by atoms with Crippen molar-refractivity contribution < 1.29 is 4.79 Å². The van der Waals surface area contributed by atoms with Gasteiger partial charge in [-0.2, -0.15) is 0 Å². The lowest BCUT2D eigenvalue weighted by molar-refractivity contribution is -0.121. The summed E-state index contributed by atoms with van der Waals surface area (Å²) in [5, 5.41) is 17.2. The van der Waals surface area contributed by atoms with Crippen LogP contribution in [0.5, 0.6) is 0 Å². The highest BCUT2D eigenvalue weighted by atomic mass is 127. The third-order valence-corrected chi connectivity index (χ3v) is 2.90. The first-order chi connectivity index (χ1) is 10.9. The molecule has 3 N–H and O–H groups in total. The van der Waals surface area contributed by atoms with E-state index in [0.29, 0.717) is 12.5 Å². The van der Waals surface area contributed by atoms with Crippen LogP contribution in [0.25, 0.3) is 0 Å². The molecule has 1 aromatic rings.